The number of ether oxygens (including phenoxy) is 1. The van der Waals surface area contributed by atoms with Gasteiger partial charge in [0.25, 0.3) is 10.0 Å². The first-order valence-corrected chi connectivity index (χ1v) is 12.3. The van der Waals surface area contributed by atoms with Crippen LogP contribution in [-0.2, 0) is 19.6 Å². The molecular formula is C22H26Cl2FNO4S. The molecule has 2 aromatic rings. The van der Waals surface area contributed by atoms with Gasteiger partial charge in [0.05, 0.1) is 16.6 Å². The molecule has 0 aliphatic carbocycles. The Morgan fingerprint density at radius 3 is 2.26 bits per heavy atom. The molecule has 0 heterocycles. The number of carbonyl (C=O) groups excluding carboxylic acids is 1. The van der Waals surface area contributed by atoms with Gasteiger partial charge in [-0.1, -0.05) is 43.5 Å². The maximum Gasteiger partial charge on any atom is 0.306 e. The molecule has 2 aromatic carbocycles. The van der Waals surface area contributed by atoms with Gasteiger partial charge in [0.1, 0.15) is 11.9 Å². The lowest BCUT2D eigenvalue weighted by Crippen LogP contribution is -2.47. The summed E-state index contributed by atoms with van der Waals surface area (Å²) in [6.07, 6.45) is 1.08. The van der Waals surface area contributed by atoms with Crippen molar-refractivity contribution in [2.24, 2.45) is 0 Å². The van der Waals surface area contributed by atoms with Crippen LogP contribution < -0.4 is 4.31 Å². The van der Waals surface area contributed by atoms with Gasteiger partial charge in [-0.3, -0.25) is 9.10 Å². The number of hydrogen-bond acceptors (Lipinski definition) is 4. The van der Waals surface area contributed by atoms with Gasteiger partial charge in [-0.25, -0.2) is 12.8 Å². The predicted molar refractivity (Wildman–Crippen MR) is 122 cm³/mol. The highest BCUT2D eigenvalue weighted by Gasteiger charge is 2.37. The molecule has 170 valence electrons. The normalized spacial score (nSPS) is 13.5. The number of carbonyl (C=O) groups is 1. The van der Waals surface area contributed by atoms with E-state index < -0.39 is 34.0 Å². The lowest BCUT2D eigenvalue weighted by molar-refractivity contribution is -0.150. The molecule has 0 saturated carbocycles. The van der Waals surface area contributed by atoms with Crippen LogP contribution in [0.25, 0.3) is 0 Å². The van der Waals surface area contributed by atoms with Crippen LogP contribution in [0.2, 0.25) is 10.0 Å². The number of halogens is 3. The van der Waals surface area contributed by atoms with Gasteiger partial charge >= 0.3 is 5.97 Å². The molecule has 2 atom stereocenters. The van der Waals surface area contributed by atoms with E-state index in [1.54, 1.807) is 6.92 Å². The highest BCUT2D eigenvalue weighted by atomic mass is 35.5. The molecule has 5 nitrogen and oxygen atoms in total. The largest absolute Gasteiger partial charge is 0.460 e. The number of hydrogen-bond donors (Lipinski definition) is 0. The minimum atomic E-state index is -4.24. The van der Waals surface area contributed by atoms with Crippen molar-refractivity contribution in [1.29, 1.82) is 0 Å². The second-order valence-electron chi connectivity index (χ2n) is 7.16. The first-order valence-electron chi connectivity index (χ1n) is 10.1. The molecule has 0 fully saturated rings. The molecular weight excluding hydrogens is 464 g/mol. The smallest absolute Gasteiger partial charge is 0.306 e. The summed E-state index contributed by atoms with van der Waals surface area (Å²) in [4.78, 5) is 12.1. The monoisotopic (exact) mass is 489 g/mol. The van der Waals surface area contributed by atoms with Crippen LogP contribution in [0.1, 0.15) is 46.5 Å². The summed E-state index contributed by atoms with van der Waals surface area (Å²) in [5.74, 6) is -1.19. The van der Waals surface area contributed by atoms with Crippen molar-refractivity contribution in [1.82, 2.24) is 0 Å². The van der Waals surface area contributed by atoms with E-state index in [0.29, 0.717) is 24.3 Å². The third kappa shape index (κ3) is 6.34. The maximum absolute atomic E-state index is 14.8. The number of esters is 1. The summed E-state index contributed by atoms with van der Waals surface area (Å²) in [6.45, 7) is 5.33. The third-order valence-electron chi connectivity index (χ3n) is 4.73. The molecule has 0 bridgehead atoms. The molecule has 0 aliphatic heterocycles. The van der Waals surface area contributed by atoms with Crippen molar-refractivity contribution in [2.75, 3.05) is 4.31 Å². The van der Waals surface area contributed by atoms with Crippen LogP contribution in [0, 0.1) is 5.82 Å². The van der Waals surface area contributed by atoms with Gasteiger partial charge in [-0.2, -0.15) is 0 Å². The fourth-order valence-corrected chi connectivity index (χ4v) is 5.18. The zero-order valence-corrected chi connectivity index (χ0v) is 20.0. The zero-order valence-electron chi connectivity index (χ0n) is 17.6. The molecule has 31 heavy (non-hydrogen) atoms. The Kier molecular flexibility index (Phi) is 9.15. The van der Waals surface area contributed by atoms with Crippen molar-refractivity contribution in [3.63, 3.8) is 0 Å². The summed E-state index contributed by atoms with van der Waals surface area (Å²) >= 11 is 12.0. The van der Waals surface area contributed by atoms with E-state index in [9.17, 15) is 17.6 Å². The number of sulfonamides is 1. The van der Waals surface area contributed by atoms with Crippen LogP contribution >= 0.6 is 23.2 Å². The first kappa shape index (κ1) is 25.4. The van der Waals surface area contributed by atoms with Gasteiger partial charge in [0.15, 0.2) is 0 Å². The first-order chi connectivity index (χ1) is 14.6. The van der Waals surface area contributed by atoms with Crippen molar-refractivity contribution >= 4 is 44.9 Å². The molecule has 2 unspecified atom stereocenters. The molecule has 9 heteroatoms. The molecule has 0 spiro atoms. The Morgan fingerprint density at radius 2 is 1.68 bits per heavy atom. The fourth-order valence-electron chi connectivity index (χ4n) is 3.21. The van der Waals surface area contributed by atoms with Gasteiger partial charge in [-0.15, -0.1) is 0 Å². The van der Waals surface area contributed by atoms with Gasteiger partial charge in [-0.05, 0) is 62.2 Å². The Balaban J connectivity index is 2.61. The zero-order chi connectivity index (χ0) is 23.2. The van der Waals surface area contributed by atoms with Crippen LogP contribution in [0.15, 0.2) is 47.4 Å². The van der Waals surface area contributed by atoms with E-state index in [4.69, 9.17) is 27.9 Å². The summed E-state index contributed by atoms with van der Waals surface area (Å²) in [5, 5.41) is 0.541. The SMILES string of the molecule is CCCC(=O)OC(CCC)C(C)N(c1cc(Cl)ccc1F)S(=O)(=O)c1ccc(Cl)cc1. The molecule has 0 saturated heterocycles. The standard InChI is InChI=1S/C22H26Cl2FNO4S/c1-4-6-21(30-22(27)7-5-2)15(3)26(20-14-17(24)10-13-19(20)25)31(28,29)18-11-8-16(23)9-12-18/h8-15,21H,4-7H2,1-3H3. The van der Waals surface area contributed by atoms with E-state index in [1.165, 1.54) is 36.4 Å². The molecule has 0 aliphatic rings. The Hall–Kier alpha value is -1.83. The van der Waals surface area contributed by atoms with E-state index >= 15 is 0 Å². The van der Waals surface area contributed by atoms with Crippen molar-refractivity contribution in [3.05, 3.63) is 58.3 Å². The molecule has 2 rings (SSSR count). The lowest BCUT2D eigenvalue weighted by Gasteiger charge is -2.35. The van der Waals surface area contributed by atoms with Gasteiger partial charge in [0.2, 0.25) is 0 Å². The summed E-state index contributed by atoms with van der Waals surface area (Å²) < 4.78 is 48.6. The minimum absolute atomic E-state index is 0.0711. The van der Waals surface area contributed by atoms with Crippen LogP contribution in [0.4, 0.5) is 10.1 Å². The highest BCUT2D eigenvalue weighted by Crippen LogP contribution is 2.33. The number of benzene rings is 2. The van der Waals surface area contributed by atoms with Crippen molar-refractivity contribution in [3.8, 4) is 0 Å². The average Bonchev–Trinajstić information content (AvgIpc) is 2.70. The molecule has 0 radical (unpaired) electrons. The quantitative estimate of drug-likeness (QED) is 0.371. The topological polar surface area (TPSA) is 63.7 Å². The number of rotatable bonds is 10. The Morgan fingerprint density at radius 1 is 1.06 bits per heavy atom. The Bertz CT molecular complexity index is 999. The summed E-state index contributed by atoms with van der Waals surface area (Å²) in [6, 6.07) is 8.37. The number of nitrogens with zero attached hydrogens (tertiary/aromatic N) is 1. The van der Waals surface area contributed by atoms with Crippen LogP contribution in [0.5, 0.6) is 0 Å². The highest BCUT2D eigenvalue weighted by molar-refractivity contribution is 7.92. The van der Waals surface area contributed by atoms with E-state index in [1.807, 2.05) is 13.8 Å². The van der Waals surface area contributed by atoms with E-state index in [-0.39, 0.29) is 22.0 Å². The molecule has 0 aromatic heterocycles. The minimum Gasteiger partial charge on any atom is -0.460 e. The molecule has 0 N–H and O–H groups in total. The average molecular weight is 490 g/mol. The van der Waals surface area contributed by atoms with Crippen molar-refractivity contribution < 1.29 is 22.3 Å². The fraction of sp³-hybridized carbons (Fsp3) is 0.409. The van der Waals surface area contributed by atoms with E-state index in [0.717, 1.165) is 10.4 Å². The summed E-state index contributed by atoms with van der Waals surface area (Å²) in [7, 11) is -4.24. The summed E-state index contributed by atoms with van der Waals surface area (Å²) in [5.41, 5.74) is -0.220. The van der Waals surface area contributed by atoms with Gasteiger partial charge < -0.3 is 4.74 Å². The van der Waals surface area contributed by atoms with E-state index in [2.05, 4.69) is 0 Å². The third-order valence-corrected chi connectivity index (χ3v) is 7.14. The maximum atomic E-state index is 14.8. The predicted octanol–water partition coefficient (Wildman–Crippen LogP) is 6.23. The Labute approximate surface area is 193 Å². The second kappa shape index (κ2) is 11.2. The second-order valence-corrected chi connectivity index (χ2v) is 9.85. The van der Waals surface area contributed by atoms with Gasteiger partial charge in [0, 0.05) is 16.5 Å². The lowest BCUT2D eigenvalue weighted by atomic mass is 10.1. The van der Waals surface area contributed by atoms with Crippen molar-refractivity contribution in [2.45, 2.75) is 63.5 Å². The van der Waals surface area contributed by atoms with Crippen LogP contribution in [0.3, 0.4) is 0 Å². The number of anilines is 1. The van der Waals surface area contributed by atoms with Crippen LogP contribution in [-0.4, -0.2) is 26.5 Å². The molecule has 0 amide bonds.